The van der Waals surface area contributed by atoms with Crippen molar-refractivity contribution in [1.29, 1.82) is 0 Å². The molecule has 0 aliphatic heterocycles. The van der Waals surface area contributed by atoms with Crippen LogP contribution in [-0.4, -0.2) is 52.5 Å². The highest BCUT2D eigenvalue weighted by molar-refractivity contribution is 7.93. The van der Waals surface area contributed by atoms with Crippen molar-refractivity contribution in [3.8, 4) is 5.75 Å². The molecule has 0 aromatic heterocycles. The highest BCUT2D eigenvalue weighted by Gasteiger charge is 2.31. The third-order valence-electron chi connectivity index (χ3n) is 7.74. The SMILES string of the molecule is CC.Cc1ccc(S(=O)(=O)N(c2ccc(N(C)C)cc2)c2cc(C(=O)Nc3ccc([N+](=O)[O-])cc3)c(O)cc2Nc2ccc(N(C)C)cc2)cc1. The number of carbonyl (C=O) groups is 1. The summed E-state index contributed by atoms with van der Waals surface area (Å²) in [4.78, 5) is 28.0. The van der Waals surface area contributed by atoms with Crippen LogP contribution in [0.3, 0.4) is 0 Å². The first-order chi connectivity index (χ1) is 24.2. The Morgan fingerprint density at radius 3 is 1.73 bits per heavy atom. The monoisotopic (exact) mass is 710 g/mol. The first-order valence-electron chi connectivity index (χ1n) is 16.1. The predicted octanol–water partition coefficient (Wildman–Crippen LogP) is 8.29. The van der Waals surface area contributed by atoms with Crippen molar-refractivity contribution in [3.05, 3.63) is 130 Å². The number of non-ortho nitro benzene ring substituents is 1. The van der Waals surface area contributed by atoms with E-state index in [4.69, 9.17) is 0 Å². The Hall–Kier alpha value is -6.08. The van der Waals surface area contributed by atoms with Gasteiger partial charge in [0, 0.05) is 69.1 Å². The first kappa shape index (κ1) is 37.7. The summed E-state index contributed by atoms with van der Waals surface area (Å²) in [5.74, 6) is -1.18. The average molecular weight is 711 g/mol. The summed E-state index contributed by atoms with van der Waals surface area (Å²) in [6.45, 7) is 5.85. The van der Waals surface area contributed by atoms with Gasteiger partial charge in [0.15, 0.2) is 0 Å². The standard InChI is InChI=1S/C36H36N6O6S.C2H6/c1-24-6-20-31(21-7-24)49(47,48)41(29-18-16-28(17-19-29)40(4)5)34-22-32(36(44)38-26-10-14-30(15-11-26)42(45)46)35(43)23-33(34)37-25-8-12-27(13-9-25)39(2)3;1-2/h6-23,37,43H,1-5H3,(H,38,44);1-2H3. The number of phenolic OH excluding ortho intramolecular Hbond substituents is 1. The maximum atomic E-state index is 14.6. The zero-order chi connectivity index (χ0) is 37.5. The van der Waals surface area contributed by atoms with Crippen LogP contribution in [0, 0.1) is 17.0 Å². The summed E-state index contributed by atoms with van der Waals surface area (Å²) in [6, 6.07) is 28.5. The van der Waals surface area contributed by atoms with E-state index in [1.807, 2.05) is 83.0 Å². The minimum Gasteiger partial charge on any atom is -0.507 e. The highest BCUT2D eigenvalue weighted by Crippen LogP contribution is 2.42. The number of benzene rings is 5. The maximum Gasteiger partial charge on any atom is 0.269 e. The van der Waals surface area contributed by atoms with Crippen molar-refractivity contribution < 1.29 is 23.2 Å². The molecule has 5 aromatic carbocycles. The lowest BCUT2D eigenvalue weighted by Gasteiger charge is -2.28. The number of carbonyl (C=O) groups excluding carboxylic acids is 1. The van der Waals surface area contributed by atoms with Gasteiger partial charge in [-0.05, 0) is 85.8 Å². The largest absolute Gasteiger partial charge is 0.507 e. The molecular formula is C38H42N6O6S. The van der Waals surface area contributed by atoms with Gasteiger partial charge in [-0.2, -0.15) is 0 Å². The Labute approximate surface area is 298 Å². The fraction of sp³-hybridized carbons (Fsp3) is 0.184. The van der Waals surface area contributed by atoms with Gasteiger partial charge >= 0.3 is 0 Å². The van der Waals surface area contributed by atoms with E-state index >= 15 is 0 Å². The lowest BCUT2D eigenvalue weighted by Crippen LogP contribution is -2.27. The van der Waals surface area contributed by atoms with Gasteiger partial charge in [-0.3, -0.25) is 14.9 Å². The van der Waals surface area contributed by atoms with E-state index < -0.39 is 26.6 Å². The van der Waals surface area contributed by atoms with Crippen LogP contribution >= 0.6 is 0 Å². The number of hydrogen-bond acceptors (Lipinski definition) is 9. The molecule has 5 aromatic rings. The van der Waals surface area contributed by atoms with Crippen molar-refractivity contribution >= 4 is 61.4 Å². The Morgan fingerprint density at radius 2 is 1.22 bits per heavy atom. The molecule has 51 heavy (non-hydrogen) atoms. The zero-order valence-electron chi connectivity index (χ0n) is 29.6. The van der Waals surface area contributed by atoms with E-state index in [0.29, 0.717) is 5.69 Å². The molecule has 0 saturated heterocycles. The smallest absolute Gasteiger partial charge is 0.269 e. The van der Waals surface area contributed by atoms with E-state index in [9.17, 15) is 28.4 Å². The molecule has 0 atom stereocenters. The number of nitrogens with one attached hydrogen (secondary N) is 2. The van der Waals surface area contributed by atoms with E-state index in [1.165, 1.54) is 48.5 Å². The molecule has 0 bridgehead atoms. The minimum atomic E-state index is -4.32. The third-order valence-corrected chi connectivity index (χ3v) is 9.49. The molecule has 5 rings (SSSR count). The number of amides is 1. The zero-order valence-corrected chi connectivity index (χ0v) is 30.4. The van der Waals surface area contributed by atoms with Gasteiger partial charge in [0.05, 0.1) is 32.4 Å². The number of nitro benzene ring substituents is 1. The maximum absolute atomic E-state index is 14.6. The Kier molecular flexibility index (Phi) is 11.9. The number of hydrogen-bond donors (Lipinski definition) is 3. The second-order valence-electron chi connectivity index (χ2n) is 11.7. The van der Waals surface area contributed by atoms with Crippen LogP contribution in [-0.2, 0) is 10.0 Å². The van der Waals surface area contributed by atoms with Crippen LogP contribution in [0.4, 0.5) is 45.5 Å². The van der Waals surface area contributed by atoms with Gasteiger partial charge in [0.2, 0.25) is 0 Å². The van der Waals surface area contributed by atoms with E-state index in [0.717, 1.165) is 21.2 Å². The van der Waals surface area contributed by atoms with Crippen LogP contribution < -0.4 is 24.7 Å². The summed E-state index contributed by atoms with van der Waals surface area (Å²) < 4.78 is 30.3. The topological polar surface area (TPSA) is 148 Å². The molecule has 0 fully saturated rings. The summed E-state index contributed by atoms with van der Waals surface area (Å²) in [7, 11) is 3.24. The molecule has 0 unspecified atom stereocenters. The van der Waals surface area contributed by atoms with Crippen molar-refractivity contribution in [2.75, 3.05) is 52.9 Å². The van der Waals surface area contributed by atoms with Crippen LogP contribution in [0.2, 0.25) is 0 Å². The Morgan fingerprint density at radius 1 is 0.725 bits per heavy atom. The molecule has 0 radical (unpaired) electrons. The van der Waals surface area contributed by atoms with Crippen molar-refractivity contribution in [2.24, 2.45) is 0 Å². The Bertz CT molecular complexity index is 2080. The van der Waals surface area contributed by atoms with Crippen molar-refractivity contribution in [1.82, 2.24) is 0 Å². The van der Waals surface area contributed by atoms with E-state index in [1.54, 1.807) is 36.4 Å². The van der Waals surface area contributed by atoms with E-state index in [2.05, 4.69) is 10.6 Å². The number of rotatable bonds is 11. The second-order valence-corrected chi connectivity index (χ2v) is 13.5. The lowest BCUT2D eigenvalue weighted by molar-refractivity contribution is -0.384. The molecule has 0 aliphatic carbocycles. The van der Waals surface area contributed by atoms with Gasteiger partial charge in [-0.15, -0.1) is 0 Å². The molecule has 0 heterocycles. The molecule has 12 nitrogen and oxygen atoms in total. The van der Waals surface area contributed by atoms with Gasteiger partial charge in [-0.25, -0.2) is 12.7 Å². The number of anilines is 7. The van der Waals surface area contributed by atoms with Crippen LogP contribution in [0.25, 0.3) is 0 Å². The number of phenols is 1. The van der Waals surface area contributed by atoms with Crippen LogP contribution in [0.5, 0.6) is 5.75 Å². The van der Waals surface area contributed by atoms with Gasteiger partial charge in [0.1, 0.15) is 5.75 Å². The quantitative estimate of drug-likeness (QED) is 0.0909. The summed E-state index contributed by atoms with van der Waals surface area (Å²) in [5, 5.41) is 28.2. The normalized spacial score (nSPS) is 10.7. The minimum absolute atomic E-state index is 0.0148. The predicted molar refractivity (Wildman–Crippen MR) is 206 cm³/mol. The second kappa shape index (κ2) is 16.1. The molecule has 0 saturated carbocycles. The number of nitrogens with zero attached hydrogens (tertiary/aromatic N) is 4. The molecule has 13 heteroatoms. The molecule has 0 aliphatic rings. The molecule has 3 N–H and O–H groups in total. The number of aromatic hydroxyl groups is 1. The molecule has 0 spiro atoms. The van der Waals surface area contributed by atoms with Crippen molar-refractivity contribution in [3.63, 3.8) is 0 Å². The highest BCUT2D eigenvalue weighted by atomic mass is 32.2. The summed E-state index contributed by atoms with van der Waals surface area (Å²) >= 11 is 0. The van der Waals surface area contributed by atoms with E-state index in [-0.39, 0.29) is 38.9 Å². The number of sulfonamides is 1. The molecular weight excluding hydrogens is 669 g/mol. The molecule has 266 valence electrons. The molecule has 1 amide bonds. The van der Waals surface area contributed by atoms with Gasteiger partial charge < -0.3 is 25.5 Å². The average Bonchev–Trinajstić information content (AvgIpc) is 3.11. The number of aryl methyl sites for hydroxylation is 1. The van der Waals surface area contributed by atoms with Crippen molar-refractivity contribution in [2.45, 2.75) is 25.7 Å². The number of nitro groups is 1. The summed E-state index contributed by atoms with van der Waals surface area (Å²) in [6.07, 6.45) is 0. The van der Waals surface area contributed by atoms with Crippen LogP contribution in [0.15, 0.2) is 114 Å². The van der Waals surface area contributed by atoms with Crippen LogP contribution in [0.1, 0.15) is 29.8 Å². The van der Waals surface area contributed by atoms with Gasteiger partial charge in [-0.1, -0.05) is 31.5 Å². The fourth-order valence-electron chi connectivity index (χ4n) is 5.00. The third kappa shape index (κ3) is 8.75. The lowest BCUT2D eigenvalue weighted by atomic mass is 10.1. The Balaban J connectivity index is 0.00000286. The fourth-order valence-corrected chi connectivity index (χ4v) is 6.50. The first-order valence-corrected chi connectivity index (χ1v) is 17.6. The summed E-state index contributed by atoms with van der Waals surface area (Å²) in [5.41, 5.74) is 3.65. The van der Waals surface area contributed by atoms with Gasteiger partial charge in [0.25, 0.3) is 21.6 Å².